The average Bonchev–Trinajstić information content (AvgIpc) is 3.37. The van der Waals surface area contributed by atoms with E-state index >= 15 is 0 Å². The summed E-state index contributed by atoms with van der Waals surface area (Å²) in [4.78, 5) is 19.1. The Labute approximate surface area is 195 Å². The van der Waals surface area contributed by atoms with Crippen molar-refractivity contribution in [2.75, 3.05) is 23.3 Å². The summed E-state index contributed by atoms with van der Waals surface area (Å²) in [6, 6.07) is 16.5. The minimum absolute atomic E-state index is 0.152. The summed E-state index contributed by atoms with van der Waals surface area (Å²) in [7, 11) is 0. The highest BCUT2D eigenvalue weighted by Gasteiger charge is 2.27. The molecule has 5 rings (SSSR count). The predicted molar refractivity (Wildman–Crippen MR) is 125 cm³/mol. The Balaban J connectivity index is 1.29. The SMILES string of the molecule is O=C(Nc1cc(F)ccc1F)C1CCCN(c2ccc(-n3ccnc3-c3ccccc3)nn2)C1. The third kappa shape index (κ3) is 4.50. The fourth-order valence-corrected chi connectivity index (χ4v) is 4.13. The van der Waals surface area contributed by atoms with E-state index in [9.17, 15) is 13.6 Å². The molecule has 2 aromatic heterocycles. The van der Waals surface area contributed by atoms with Crippen molar-refractivity contribution in [1.29, 1.82) is 0 Å². The number of rotatable bonds is 5. The van der Waals surface area contributed by atoms with Crippen molar-refractivity contribution in [2.45, 2.75) is 12.8 Å². The van der Waals surface area contributed by atoms with Gasteiger partial charge in [-0.2, -0.15) is 0 Å². The van der Waals surface area contributed by atoms with Crippen molar-refractivity contribution in [3.63, 3.8) is 0 Å². The summed E-state index contributed by atoms with van der Waals surface area (Å²) in [5.41, 5.74) is 0.818. The molecule has 0 bridgehead atoms. The number of nitrogens with one attached hydrogen (secondary N) is 1. The molecule has 1 atom stereocenters. The molecule has 1 N–H and O–H groups in total. The van der Waals surface area contributed by atoms with Crippen LogP contribution in [-0.4, -0.2) is 38.7 Å². The van der Waals surface area contributed by atoms with E-state index in [0.29, 0.717) is 24.6 Å². The van der Waals surface area contributed by atoms with Gasteiger partial charge in [-0.15, -0.1) is 10.2 Å². The van der Waals surface area contributed by atoms with Crippen LogP contribution >= 0.6 is 0 Å². The molecule has 0 aliphatic carbocycles. The third-order valence-electron chi connectivity index (χ3n) is 5.86. The number of hydrogen-bond donors (Lipinski definition) is 1. The largest absolute Gasteiger partial charge is 0.354 e. The Morgan fingerprint density at radius 3 is 2.59 bits per heavy atom. The monoisotopic (exact) mass is 460 g/mol. The zero-order valence-corrected chi connectivity index (χ0v) is 18.2. The Bertz CT molecular complexity index is 1290. The summed E-state index contributed by atoms with van der Waals surface area (Å²) in [6.07, 6.45) is 4.97. The molecule has 1 unspecified atom stereocenters. The lowest BCUT2D eigenvalue weighted by molar-refractivity contribution is -0.120. The number of benzene rings is 2. The molecule has 0 saturated carbocycles. The van der Waals surface area contributed by atoms with Crippen LogP contribution in [0.15, 0.2) is 73.1 Å². The number of carbonyl (C=O) groups is 1. The zero-order valence-electron chi connectivity index (χ0n) is 18.2. The number of carbonyl (C=O) groups excluding carboxylic acids is 1. The molecule has 4 aromatic rings. The molecule has 2 aromatic carbocycles. The molecule has 7 nitrogen and oxygen atoms in total. The van der Waals surface area contributed by atoms with Gasteiger partial charge in [0.15, 0.2) is 11.6 Å². The van der Waals surface area contributed by atoms with Gasteiger partial charge in [0.2, 0.25) is 5.91 Å². The highest BCUT2D eigenvalue weighted by molar-refractivity contribution is 5.93. The van der Waals surface area contributed by atoms with Gasteiger partial charge in [0.05, 0.1) is 11.6 Å². The molecule has 3 heterocycles. The number of imidazole rings is 1. The van der Waals surface area contributed by atoms with Gasteiger partial charge in [-0.1, -0.05) is 30.3 Å². The molecule has 34 heavy (non-hydrogen) atoms. The topological polar surface area (TPSA) is 75.9 Å². The molecule has 172 valence electrons. The molecule has 9 heteroatoms. The first-order valence-electron chi connectivity index (χ1n) is 11.0. The van der Waals surface area contributed by atoms with Crippen LogP contribution < -0.4 is 10.2 Å². The van der Waals surface area contributed by atoms with E-state index in [1.54, 1.807) is 6.20 Å². The lowest BCUT2D eigenvalue weighted by Crippen LogP contribution is -2.41. The first kappa shape index (κ1) is 21.7. The number of anilines is 2. The third-order valence-corrected chi connectivity index (χ3v) is 5.86. The molecule has 0 radical (unpaired) electrons. The van der Waals surface area contributed by atoms with Gasteiger partial charge < -0.3 is 10.2 Å². The summed E-state index contributed by atoms with van der Waals surface area (Å²) in [5, 5.41) is 11.3. The maximum absolute atomic E-state index is 13.9. The van der Waals surface area contributed by atoms with Crippen LogP contribution in [0.3, 0.4) is 0 Å². The van der Waals surface area contributed by atoms with Gasteiger partial charge in [-0.05, 0) is 37.1 Å². The van der Waals surface area contributed by atoms with Crippen molar-refractivity contribution >= 4 is 17.4 Å². The van der Waals surface area contributed by atoms with Crippen LogP contribution in [0.25, 0.3) is 17.2 Å². The van der Waals surface area contributed by atoms with E-state index in [2.05, 4.69) is 20.5 Å². The van der Waals surface area contributed by atoms with E-state index in [1.807, 2.05) is 58.1 Å². The fraction of sp³-hybridized carbons (Fsp3) is 0.200. The molecule has 1 fully saturated rings. The van der Waals surface area contributed by atoms with Crippen molar-refractivity contribution in [3.8, 4) is 17.2 Å². The number of piperidine rings is 1. The van der Waals surface area contributed by atoms with E-state index in [-0.39, 0.29) is 17.5 Å². The lowest BCUT2D eigenvalue weighted by atomic mass is 9.97. The lowest BCUT2D eigenvalue weighted by Gasteiger charge is -2.32. The maximum Gasteiger partial charge on any atom is 0.229 e. The summed E-state index contributed by atoms with van der Waals surface area (Å²) >= 11 is 0. The molecule has 1 aliphatic rings. The Hall–Kier alpha value is -4.14. The Morgan fingerprint density at radius 1 is 1.00 bits per heavy atom. The summed E-state index contributed by atoms with van der Waals surface area (Å²) in [5.74, 6) is 0.0549. The second-order valence-electron chi connectivity index (χ2n) is 8.14. The van der Waals surface area contributed by atoms with Crippen molar-refractivity contribution < 1.29 is 13.6 Å². The predicted octanol–water partition coefficient (Wildman–Crippen LogP) is 4.46. The van der Waals surface area contributed by atoms with Crippen LogP contribution in [0.2, 0.25) is 0 Å². The molecule has 1 amide bonds. The molecular weight excluding hydrogens is 438 g/mol. The van der Waals surface area contributed by atoms with Gasteiger partial charge in [0.25, 0.3) is 0 Å². The smallest absolute Gasteiger partial charge is 0.229 e. The van der Waals surface area contributed by atoms with Gasteiger partial charge in [0.1, 0.15) is 17.5 Å². The standard InChI is InChI=1S/C25H22F2N6O/c26-19-8-9-20(27)21(15-19)29-25(34)18-7-4-13-32(16-18)22-10-11-23(31-30-22)33-14-12-28-24(33)17-5-2-1-3-6-17/h1-3,5-6,8-12,14-15,18H,4,7,13,16H2,(H,29,34). The van der Waals surface area contributed by atoms with Crippen LogP contribution in [-0.2, 0) is 4.79 Å². The molecule has 1 saturated heterocycles. The summed E-state index contributed by atoms with van der Waals surface area (Å²) in [6.45, 7) is 1.14. The Morgan fingerprint density at radius 2 is 1.79 bits per heavy atom. The maximum atomic E-state index is 13.9. The normalized spacial score (nSPS) is 15.8. The number of nitrogens with zero attached hydrogens (tertiary/aromatic N) is 5. The first-order valence-corrected chi connectivity index (χ1v) is 11.0. The highest BCUT2D eigenvalue weighted by atomic mass is 19.1. The Kier molecular flexibility index (Phi) is 5.99. The minimum atomic E-state index is -0.668. The second kappa shape index (κ2) is 9.38. The van der Waals surface area contributed by atoms with Gasteiger partial charge in [-0.25, -0.2) is 13.8 Å². The number of halogens is 2. The quantitative estimate of drug-likeness (QED) is 0.476. The van der Waals surface area contributed by atoms with Crippen molar-refractivity contribution in [1.82, 2.24) is 19.7 Å². The molecular formula is C25H22F2N6O. The number of aromatic nitrogens is 4. The number of amides is 1. The average molecular weight is 460 g/mol. The van der Waals surface area contributed by atoms with Crippen LogP contribution in [0.4, 0.5) is 20.3 Å². The van der Waals surface area contributed by atoms with E-state index in [4.69, 9.17) is 0 Å². The molecule has 1 aliphatic heterocycles. The van der Waals surface area contributed by atoms with Gasteiger partial charge >= 0.3 is 0 Å². The highest BCUT2D eigenvalue weighted by Crippen LogP contribution is 2.25. The summed E-state index contributed by atoms with van der Waals surface area (Å²) < 4.78 is 29.2. The van der Waals surface area contributed by atoms with E-state index < -0.39 is 11.6 Å². The van der Waals surface area contributed by atoms with Crippen LogP contribution in [0.5, 0.6) is 0 Å². The second-order valence-corrected chi connectivity index (χ2v) is 8.14. The van der Waals surface area contributed by atoms with E-state index in [1.165, 1.54) is 0 Å². The number of hydrogen-bond acceptors (Lipinski definition) is 5. The molecule has 0 spiro atoms. The minimum Gasteiger partial charge on any atom is -0.354 e. The van der Waals surface area contributed by atoms with Crippen LogP contribution in [0.1, 0.15) is 12.8 Å². The van der Waals surface area contributed by atoms with Gasteiger partial charge in [0, 0.05) is 37.1 Å². The van der Waals surface area contributed by atoms with Gasteiger partial charge in [-0.3, -0.25) is 9.36 Å². The van der Waals surface area contributed by atoms with Crippen molar-refractivity contribution in [2.24, 2.45) is 5.92 Å². The fourth-order valence-electron chi connectivity index (χ4n) is 4.13. The van der Waals surface area contributed by atoms with E-state index in [0.717, 1.165) is 42.6 Å². The zero-order chi connectivity index (χ0) is 23.5. The van der Waals surface area contributed by atoms with Crippen LogP contribution in [0, 0.1) is 17.6 Å². The first-order chi connectivity index (χ1) is 16.6. The van der Waals surface area contributed by atoms with Crippen molar-refractivity contribution in [3.05, 3.63) is 84.7 Å².